The third kappa shape index (κ3) is 5.34. The molecule has 0 saturated heterocycles. The van der Waals surface area contributed by atoms with Gasteiger partial charge >= 0.3 is 0 Å². The van der Waals surface area contributed by atoms with Gasteiger partial charge in [-0.05, 0) is 123 Å². The van der Waals surface area contributed by atoms with Gasteiger partial charge in [0.2, 0.25) is 0 Å². The van der Waals surface area contributed by atoms with E-state index in [1.807, 2.05) is 26.0 Å². The number of benzene rings is 8. The molecule has 53 heavy (non-hydrogen) atoms. The van der Waals surface area contributed by atoms with Gasteiger partial charge < -0.3 is 4.42 Å². The second kappa shape index (κ2) is 12.0. The van der Waals surface area contributed by atoms with Gasteiger partial charge in [-0.25, -0.2) is 9.98 Å². The first kappa shape index (κ1) is 31.7. The van der Waals surface area contributed by atoms with Crippen molar-refractivity contribution in [2.24, 2.45) is 9.98 Å². The number of amidine groups is 1. The van der Waals surface area contributed by atoms with E-state index in [1.165, 1.54) is 65.7 Å². The smallest absolute Gasteiger partial charge is 0.156 e. The first-order valence-electron chi connectivity index (χ1n) is 18.1. The first-order chi connectivity index (χ1) is 25.8. The molecule has 8 aromatic carbocycles. The van der Waals surface area contributed by atoms with Gasteiger partial charge in [-0.3, -0.25) is 0 Å². The predicted molar refractivity (Wildman–Crippen MR) is 225 cm³/mol. The van der Waals surface area contributed by atoms with Crippen LogP contribution in [0.25, 0.3) is 76.5 Å². The van der Waals surface area contributed by atoms with E-state index in [9.17, 15) is 0 Å². The van der Waals surface area contributed by atoms with Crippen molar-refractivity contribution in [2.75, 3.05) is 0 Å². The Kier molecular flexibility index (Phi) is 7.18. The van der Waals surface area contributed by atoms with Gasteiger partial charge in [-0.1, -0.05) is 127 Å². The lowest BCUT2D eigenvalue weighted by molar-refractivity contribution is 0.669. The molecule has 0 radical (unpaired) electrons. The second-order valence-corrected chi connectivity index (χ2v) is 15.5. The summed E-state index contributed by atoms with van der Waals surface area (Å²) in [5, 5.41) is 9.59. The average Bonchev–Trinajstić information content (AvgIpc) is 3.74. The fraction of sp³-hybridized carbons (Fsp3) is 0.102. The van der Waals surface area contributed by atoms with E-state index in [4.69, 9.17) is 26.0 Å². The SMILES string of the molecule is CC(=N/C(=N\C(C)(C)Cl)c1ccc2c3ccccc3c3ccccc3c2c1)c1cccc2c1-c1cc(-c3ccc4oc5ccccc5c4c3)ccc1C2. The number of aliphatic imine (C=N–C) groups is 2. The number of hydrogen-bond acceptors (Lipinski definition) is 2. The number of rotatable bonds is 4. The molecule has 0 atom stereocenters. The summed E-state index contributed by atoms with van der Waals surface area (Å²) in [6.45, 7) is 5.91. The Labute approximate surface area is 312 Å². The van der Waals surface area contributed by atoms with E-state index in [2.05, 4.69) is 140 Å². The molecule has 0 saturated carbocycles. The molecular formula is C49H35ClN2O. The first-order valence-corrected chi connectivity index (χ1v) is 18.5. The summed E-state index contributed by atoms with van der Waals surface area (Å²) in [6.07, 6.45) is 0.888. The van der Waals surface area contributed by atoms with Gasteiger partial charge in [0.1, 0.15) is 16.2 Å². The molecule has 3 nitrogen and oxygen atoms in total. The van der Waals surface area contributed by atoms with Gasteiger partial charge in [-0.2, -0.15) is 0 Å². The standard InChI is InChI=1S/C49H35ClN2O/c1-29(51-48(52-49(2,3)50)34-21-23-40-38-14-5-4-12-36(38)37-13-6-7-15-39(37)43(40)28-34)35-17-10-11-33-25-32-20-19-30(26-42(32)47(33)35)31-22-24-46-44(27-31)41-16-8-9-18-45(41)53-46/h4-24,26-28H,25H2,1-3H3/b51-29?,52-48-. The number of alkyl halides is 1. The molecule has 0 unspecified atom stereocenters. The molecule has 1 aromatic heterocycles. The van der Waals surface area contributed by atoms with Crippen molar-refractivity contribution in [1.82, 2.24) is 0 Å². The lowest BCUT2D eigenvalue weighted by atomic mass is 9.93. The minimum atomic E-state index is -0.846. The van der Waals surface area contributed by atoms with E-state index in [0.717, 1.165) is 45.2 Å². The summed E-state index contributed by atoms with van der Waals surface area (Å²) in [5.74, 6) is 0.617. The van der Waals surface area contributed by atoms with Crippen LogP contribution in [0.15, 0.2) is 160 Å². The summed E-state index contributed by atoms with van der Waals surface area (Å²) in [6, 6.07) is 52.0. The Hall–Kier alpha value is -6.03. The van der Waals surface area contributed by atoms with Gasteiger partial charge in [0, 0.05) is 27.6 Å². The van der Waals surface area contributed by atoms with E-state index in [1.54, 1.807) is 0 Å². The third-order valence-electron chi connectivity index (χ3n) is 10.7. The predicted octanol–water partition coefficient (Wildman–Crippen LogP) is 13.5. The van der Waals surface area contributed by atoms with E-state index in [0.29, 0.717) is 5.84 Å². The molecule has 0 fully saturated rings. The highest BCUT2D eigenvalue weighted by atomic mass is 35.5. The van der Waals surface area contributed by atoms with Crippen LogP contribution in [-0.4, -0.2) is 16.5 Å². The van der Waals surface area contributed by atoms with Gasteiger partial charge in [0.15, 0.2) is 5.84 Å². The van der Waals surface area contributed by atoms with Crippen LogP contribution < -0.4 is 0 Å². The lowest BCUT2D eigenvalue weighted by Crippen LogP contribution is -2.13. The largest absolute Gasteiger partial charge is 0.456 e. The molecule has 1 aliphatic rings. The Morgan fingerprint density at radius 3 is 1.92 bits per heavy atom. The van der Waals surface area contributed by atoms with Crippen molar-refractivity contribution in [3.05, 3.63) is 168 Å². The highest BCUT2D eigenvalue weighted by Crippen LogP contribution is 2.42. The van der Waals surface area contributed by atoms with Crippen molar-refractivity contribution in [3.63, 3.8) is 0 Å². The molecule has 0 aliphatic heterocycles. The molecule has 9 aromatic rings. The quantitative estimate of drug-likeness (QED) is 0.0591. The molecule has 0 bridgehead atoms. The molecule has 1 aliphatic carbocycles. The molecule has 254 valence electrons. The van der Waals surface area contributed by atoms with E-state index < -0.39 is 5.00 Å². The summed E-state index contributed by atoms with van der Waals surface area (Å²) >= 11 is 6.83. The lowest BCUT2D eigenvalue weighted by Gasteiger charge is -2.16. The van der Waals surface area contributed by atoms with Crippen molar-refractivity contribution >= 4 is 77.4 Å². The molecular weight excluding hydrogens is 668 g/mol. The van der Waals surface area contributed by atoms with Crippen LogP contribution in [0.3, 0.4) is 0 Å². The minimum Gasteiger partial charge on any atom is -0.456 e. The third-order valence-corrected chi connectivity index (χ3v) is 10.7. The number of fused-ring (bicyclic) bond motifs is 12. The van der Waals surface area contributed by atoms with Crippen LogP contribution in [0, 0.1) is 0 Å². The van der Waals surface area contributed by atoms with Crippen LogP contribution in [0.1, 0.15) is 43.0 Å². The highest BCUT2D eigenvalue weighted by Gasteiger charge is 2.24. The number of halogens is 1. The number of nitrogens with zero attached hydrogens (tertiary/aromatic N) is 2. The van der Waals surface area contributed by atoms with Crippen LogP contribution in [0.5, 0.6) is 0 Å². The van der Waals surface area contributed by atoms with Gasteiger partial charge in [0.05, 0.1) is 0 Å². The van der Waals surface area contributed by atoms with Crippen molar-refractivity contribution in [3.8, 4) is 22.3 Å². The van der Waals surface area contributed by atoms with Crippen molar-refractivity contribution in [2.45, 2.75) is 32.2 Å². The van der Waals surface area contributed by atoms with Crippen LogP contribution in [0.4, 0.5) is 0 Å². The van der Waals surface area contributed by atoms with Crippen LogP contribution in [-0.2, 0) is 6.42 Å². The average molecular weight is 703 g/mol. The zero-order valence-corrected chi connectivity index (χ0v) is 30.5. The number of hydrogen-bond donors (Lipinski definition) is 0. The molecule has 1 heterocycles. The fourth-order valence-electron chi connectivity index (χ4n) is 8.29. The number of furan rings is 1. The Morgan fingerprint density at radius 2 is 1.19 bits per heavy atom. The van der Waals surface area contributed by atoms with Crippen molar-refractivity contribution < 1.29 is 4.42 Å². The molecule has 10 rings (SSSR count). The zero-order valence-electron chi connectivity index (χ0n) is 29.7. The molecule has 4 heteroatoms. The molecule has 0 N–H and O–H groups in total. The Balaban J connectivity index is 1.10. The number of para-hydroxylation sites is 1. The van der Waals surface area contributed by atoms with Crippen molar-refractivity contribution in [1.29, 1.82) is 0 Å². The highest BCUT2D eigenvalue weighted by molar-refractivity contribution is 6.27. The zero-order chi connectivity index (χ0) is 35.8. The summed E-state index contributed by atoms with van der Waals surface area (Å²) in [4.78, 5) is 9.48. The van der Waals surface area contributed by atoms with E-state index >= 15 is 0 Å². The molecule has 0 amide bonds. The second-order valence-electron chi connectivity index (χ2n) is 14.6. The Morgan fingerprint density at radius 1 is 0.566 bits per heavy atom. The summed E-state index contributed by atoms with van der Waals surface area (Å²) < 4.78 is 6.13. The summed E-state index contributed by atoms with van der Waals surface area (Å²) in [7, 11) is 0. The fourth-order valence-corrected chi connectivity index (χ4v) is 8.37. The van der Waals surface area contributed by atoms with Crippen LogP contribution in [0.2, 0.25) is 0 Å². The van der Waals surface area contributed by atoms with E-state index in [-0.39, 0.29) is 0 Å². The van der Waals surface area contributed by atoms with Crippen LogP contribution >= 0.6 is 11.6 Å². The minimum absolute atomic E-state index is 0.617. The monoisotopic (exact) mass is 702 g/mol. The summed E-state index contributed by atoms with van der Waals surface area (Å²) in [5.41, 5.74) is 12.2. The van der Waals surface area contributed by atoms with Gasteiger partial charge in [-0.15, -0.1) is 0 Å². The van der Waals surface area contributed by atoms with Gasteiger partial charge in [0.25, 0.3) is 0 Å². The normalized spacial score (nSPS) is 13.4. The Bertz CT molecular complexity index is 3000. The molecule has 0 spiro atoms. The maximum atomic E-state index is 6.83. The topological polar surface area (TPSA) is 37.9 Å². The maximum Gasteiger partial charge on any atom is 0.156 e. The maximum absolute atomic E-state index is 6.83.